The summed E-state index contributed by atoms with van der Waals surface area (Å²) in [6.45, 7) is 9.34. The molecule has 4 heteroatoms. The first-order valence-electron chi connectivity index (χ1n) is 6.94. The standard InChI is InChI=1S/C15H24N2O2/c1-4-16-14-10-8-7-9-13(14)15(18)17(5-2)11-12-19-6-3/h7-10,16H,4-6,11-12H2,1-3H3. The van der Waals surface area contributed by atoms with Crippen LogP contribution < -0.4 is 5.32 Å². The molecule has 0 fully saturated rings. The van der Waals surface area contributed by atoms with Crippen molar-refractivity contribution < 1.29 is 9.53 Å². The minimum Gasteiger partial charge on any atom is -0.385 e. The van der Waals surface area contributed by atoms with Crippen molar-refractivity contribution in [2.24, 2.45) is 0 Å². The third kappa shape index (κ3) is 4.56. The van der Waals surface area contributed by atoms with Crippen molar-refractivity contribution >= 4 is 11.6 Å². The molecular weight excluding hydrogens is 240 g/mol. The topological polar surface area (TPSA) is 41.6 Å². The van der Waals surface area contributed by atoms with Crippen molar-refractivity contribution in [3.8, 4) is 0 Å². The molecule has 0 aliphatic rings. The summed E-state index contributed by atoms with van der Waals surface area (Å²) in [4.78, 5) is 14.3. The molecule has 1 N–H and O–H groups in total. The second kappa shape index (κ2) is 8.53. The Kier molecular flexibility index (Phi) is 6.97. The lowest BCUT2D eigenvalue weighted by atomic mass is 10.1. The average Bonchev–Trinajstić information content (AvgIpc) is 2.44. The number of para-hydroxylation sites is 1. The van der Waals surface area contributed by atoms with Gasteiger partial charge in [-0.3, -0.25) is 4.79 Å². The van der Waals surface area contributed by atoms with Gasteiger partial charge in [-0.2, -0.15) is 0 Å². The molecule has 0 saturated carbocycles. The summed E-state index contributed by atoms with van der Waals surface area (Å²) in [5, 5.41) is 3.22. The second-order valence-electron chi connectivity index (χ2n) is 4.16. The number of likely N-dealkylation sites (N-methyl/N-ethyl adjacent to an activating group) is 1. The van der Waals surface area contributed by atoms with Crippen molar-refractivity contribution in [3.05, 3.63) is 29.8 Å². The maximum absolute atomic E-state index is 12.5. The van der Waals surface area contributed by atoms with Gasteiger partial charge in [-0.05, 0) is 32.9 Å². The first kappa shape index (κ1) is 15.5. The van der Waals surface area contributed by atoms with E-state index >= 15 is 0 Å². The number of hydrogen-bond acceptors (Lipinski definition) is 3. The molecule has 0 unspecified atom stereocenters. The van der Waals surface area contributed by atoms with E-state index in [2.05, 4.69) is 5.32 Å². The maximum Gasteiger partial charge on any atom is 0.256 e. The minimum absolute atomic E-state index is 0.0544. The number of nitrogens with one attached hydrogen (secondary N) is 1. The predicted octanol–water partition coefficient (Wildman–Crippen LogP) is 2.62. The fraction of sp³-hybridized carbons (Fsp3) is 0.533. The monoisotopic (exact) mass is 264 g/mol. The van der Waals surface area contributed by atoms with E-state index in [4.69, 9.17) is 4.74 Å². The van der Waals surface area contributed by atoms with Crippen molar-refractivity contribution in [2.45, 2.75) is 20.8 Å². The van der Waals surface area contributed by atoms with Crippen LogP contribution in [0.1, 0.15) is 31.1 Å². The largest absolute Gasteiger partial charge is 0.385 e. The molecule has 0 aromatic heterocycles. The van der Waals surface area contributed by atoms with Gasteiger partial charge in [0.1, 0.15) is 0 Å². The third-order valence-corrected chi connectivity index (χ3v) is 2.90. The highest BCUT2D eigenvalue weighted by Crippen LogP contribution is 2.17. The van der Waals surface area contributed by atoms with Crippen molar-refractivity contribution in [1.82, 2.24) is 4.90 Å². The Morgan fingerprint density at radius 3 is 2.63 bits per heavy atom. The number of carbonyl (C=O) groups is 1. The SMILES string of the molecule is CCNc1ccccc1C(=O)N(CC)CCOCC. The van der Waals surface area contributed by atoms with E-state index in [1.54, 1.807) is 0 Å². The lowest BCUT2D eigenvalue weighted by Crippen LogP contribution is -2.34. The minimum atomic E-state index is 0.0544. The molecule has 1 aromatic carbocycles. The lowest BCUT2D eigenvalue weighted by molar-refractivity contribution is 0.0670. The summed E-state index contributed by atoms with van der Waals surface area (Å²) >= 11 is 0. The van der Waals surface area contributed by atoms with E-state index in [9.17, 15) is 4.79 Å². The molecular formula is C15H24N2O2. The molecule has 0 bridgehead atoms. The van der Waals surface area contributed by atoms with Crippen LogP contribution in [-0.2, 0) is 4.74 Å². The van der Waals surface area contributed by atoms with Gasteiger partial charge in [0.25, 0.3) is 5.91 Å². The summed E-state index contributed by atoms with van der Waals surface area (Å²) in [5.74, 6) is 0.0544. The number of benzene rings is 1. The summed E-state index contributed by atoms with van der Waals surface area (Å²) in [7, 11) is 0. The quantitative estimate of drug-likeness (QED) is 0.734. The van der Waals surface area contributed by atoms with E-state index in [0.29, 0.717) is 26.3 Å². The van der Waals surface area contributed by atoms with Crippen LogP contribution in [-0.4, -0.2) is 43.7 Å². The average molecular weight is 264 g/mol. The Morgan fingerprint density at radius 1 is 1.26 bits per heavy atom. The summed E-state index contributed by atoms with van der Waals surface area (Å²) in [6, 6.07) is 7.63. The normalized spacial score (nSPS) is 10.3. The number of rotatable bonds is 8. The smallest absolute Gasteiger partial charge is 0.256 e. The van der Waals surface area contributed by atoms with Crippen LogP contribution in [0.3, 0.4) is 0 Å². The van der Waals surface area contributed by atoms with Gasteiger partial charge in [-0.15, -0.1) is 0 Å². The van der Waals surface area contributed by atoms with Crippen LogP contribution in [0.15, 0.2) is 24.3 Å². The van der Waals surface area contributed by atoms with E-state index in [0.717, 1.165) is 17.8 Å². The molecule has 0 atom stereocenters. The molecule has 1 rings (SSSR count). The number of amides is 1. The molecule has 0 aliphatic carbocycles. The number of ether oxygens (including phenoxy) is 1. The molecule has 19 heavy (non-hydrogen) atoms. The second-order valence-corrected chi connectivity index (χ2v) is 4.16. The molecule has 1 aromatic rings. The molecule has 106 valence electrons. The molecule has 4 nitrogen and oxygen atoms in total. The van der Waals surface area contributed by atoms with Gasteiger partial charge in [0.2, 0.25) is 0 Å². The number of anilines is 1. The number of carbonyl (C=O) groups excluding carboxylic acids is 1. The highest BCUT2D eigenvalue weighted by atomic mass is 16.5. The van der Waals surface area contributed by atoms with Gasteiger partial charge in [-0.25, -0.2) is 0 Å². The summed E-state index contributed by atoms with van der Waals surface area (Å²) < 4.78 is 5.32. The molecule has 0 aliphatic heterocycles. The van der Waals surface area contributed by atoms with E-state index in [-0.39, 0.29) is 5.91 Å². The lowest BCUT2D eigenvalue weighted by Gasteiger charge is -2.22. The van der Waals surface area contributed by atoms with Gasteiger partial charge in [-0.1, -0.05) is 12.1 Å². The van der Waals surface area contributed by atoms with Gasteiger partial charge in [0, 0.05) is 31.9 Å². The third-order valence-electron chi connectivity index (χ3n) is 2.90. The first-order valence-corrected chi connectivity index (χ1v) is 6.94. The zero-order valence-electron chi connectivity index (χ0n) is 12.1. The molecule has 1 amide bonds. The fourth-order valence-electron chi connectivity index (χ4n) is 1.91. The van der Waals surface area contributed by atoms with Crippen LogP contribution in [0.5, 0.6) is 0 Å². The van der Waals surface area contributed by atoms with Gasteiger partial charge >= 0.3 is 0 Å². The van der Waals surface area contributed by atoms with Crippen molar-refractivity contribution in [3.63, 3.8) is 0 Å². The molecule has 0 heterocycles. The van der Waals surface area contributed by atoms with Crippen LogP contribution >= 0.6 is 0 Å². The molecule has 0 radical (unpaired) electrons. The van der Waals surface area contributed by atoms with Gasteiger partial charge in [0.15, 0.2) is 0 Å². The highest BCUT2D eigenvalue weighted by molar-refractivity contribution is 5.99. The number of nitrogens with zero attached hydrogens (tertiary/aromatic N) is 1. The van der Waals surface area contributed by atoms with Crippen molar-refractivity contribution in [2.75, 3.05) is 38.2 Å². The van der Waals surface area contributed by atoms with E-state index in [1.807, 2.05) is 49.9 Å². The highest BCUT2D eigenvalue weighted by Gasteiger charge is 2.16. The number of hydrogen-bond donors (Lipinski definition) is 1. The summed E-state index contributed by atoms with van der Waals surface area (Å²) in [5.41, 5.74) is 1.62. The fourth-order valence-corrected chi connectivity index (χ4v) is 1.91. The van der Waals surface area contributed by atoms with Gasteiger partial charge < -0.3 is 15.0 Å². The zero-order chi connectivity index (χ0) is 14.1. The van der Waals surface area contributed by atoms with Crippen LogP contribution in [0.4, 0.5) is 5.69 Å². The van der Waals surface area contributed by atoms with Gasteiger partial charge in [0.05, 0.1) is 12.2 Å². The van der Waals surface area contributed by atoms with E-state index in [1.165, 1.54) is 0 Å². The predicted molar refractivity (Wildman–Crippen MR) is 78.7 cm³/mol. The van der Waals surface area contributed by atoms with Crippen LogP contribution in [0.25, 0.3) is 0 Å². The Hall–Kier alpha value is -1.55. The van der Waals surface area contributed by atoms with Crippen molar-refractivity contribution in [1.29, 1.82) is 0 Å². The first-order chi connectivity index (χ1) is 9.24. The Balaban J connectivity index is 2.78. The Morgan fingerprint density at radius 2 is 2.00 bits per heavy atom. The van der Waals surface area contributed by atoms with E-state index < -0.39 is 0 Å². The zero-order valence-corrected chi connectivity index (χ0v) is 12.1. The Labute approximate surface area is 115 Å². The van der Waals surface area contributed by atoms with Crippen LogP contribution in [0.2, 0.25) is 0 Å². The molecule has 0 spiro atoms. The van der Waals surface area contributed by atoms with Crippen LogP contribution in [0, 0.1) is 0 Å². The maximum atomic E-state index is 12.5. The summed E-state index contributed by atoms with van der Waals surface area (Å²) in [6.07, 6.45) is 0. The Bertz CT molecular complexity index is 393. The molecule has 0 saturated heterocycles.